The summed E-state index contributed by atoms with van der Waals surface area (Å²) < 4.78 is 0. The van der Waals surface area contributed by atoms with Crippen molar-refractivity contribution in [1.29, 1.82) is 0 Å². The number of amides is 1. The van der Waals surface area contributed by atoms with Gasteiger partial charge in [-0.25, -0.2) is 15.0 Å². The van der Waals surface area contributed by atoms with Gasteiger partial charge in [0, 0.05) is 24.7 Å². The van der Waals surface area contributed by atoms with Gasteiger partial charge in [0.05, 0.1) is 29.2 Å². The van der Waals surface area contributed by atoms with Gasteiger partial charge < -0.3 is 15.2 Å². The number of nitrogens with zero attached hydrogens (tertiary/aromatic N) is 4. The predicted molar refractivity (Wildman–Crippen MR) is 111 cm³/mol. The Bertz CT molecular complexity index is 1120. The van der Waals surface area contributed by atoms with Crippen molar-refractivity contribution in [3.63, 3.8) is 0 Å². The van der Waals surface area contributed by atoms with Crippen molar-refractivity contribution in [2.45, 2.75) is 6.54 Å². The fourth-order valence-corrected chi connectivity index (χ4v) is 3.52. The highest BCUT2D eigenvalue weighted by Gasteiger charge is 2.33. The van der Waals surface area contributed by atoms with Crippen molar-refractivity contribution in [2.24, 2.45) is 5.92 Å². The topological polar surface area (TPSA) is 86.8 Å². The summed E-state index contributed by atoms with van der Waals surface area (Å²) in [6.45, 7) is 1.70. The Morgan fingerprint density at radius 3 is 2.69 bits per heavy atom. The van der Waals surface area contributed by atoms with Gasteiger partial charge in [-0.15, -0.1) is 0 Å². The Morgan fingerprint density at radius 2 is 1.86 bits per heavy atom. The molecule has 0 atom stereocenters. The van der Waals surface area contributed by atoms with Crippen LogP contribution in [0.15, 0.2) is 67.0 Å². The second-order valence-electron chi connectivity index (χ2n) is 7.15. The number of nitrogens with one attached hydrogen (secondary N) is 2. The largest absolute Gasteiger partial charge is 0.355 e. The summed E-state index contributed by atoms with van der Waals surface area (Å²) in [6.07, 6.45) is 1.58. The monoisotopic (exact) mass is 384 g/mol. The molecule has 1 amide bonds. The van der Waals surface area contributed by atoms with Crippen molar-refractivity contribution in [3.8, 4) is 11.3 Å². The first-order valence-electron chi connectivity index (χ1n) is 9.60. The Balaban J connectivity index is 1.18. The standard InChI is InChI=1S/C22H20N6O/c29-22(23-11-20-26-17-8-4-5-9-18(17)27-20)16-12-28(13-16)21-10-19(24-14-25-21)15-6-2-1-3-7-15/h1-10,14,16H,11-13H2,(H,23,29)(H,26,27). The normalized spacial score (nSPS) is 14.0. The number of aromatic amines is 1. The van der Waals surface area contributed by atoms with Gasteiger partial charge in [0.15, 0.2) is 0 Å². The number of hydrogen-bond donors (Lipinski definition) is 2. The molecule has 2 aromatic carbocycles. The molecule has 7 heteroatoms. The number of carbonyl (C=O) groups is 1. The smallest absolute Gasteiger partial charge is 0.227 e. The van der Waals surface area contributed by atoms with E-state index in [1.54, 1.807) is 6.33 Å². The fourth-order valence-electron chi connectivity index (χ4n) is 3.52. The molecule has 144 valence electrons. The van der Waals surface area contributed by atoms with Crippen LogP contribution >= 0.6 is 0 Å². The van der Waals surface area contributed by atoms with E-state index in [0.717, 1.165) is 33.9 Å². The molecule has 0 unspecified atom stereocenters. The van der Waals surface area contributed by atoms with Gasteiger partial charge in [-0.05, 0) is 12.1 Å². The van der Waals surface area contributed by atoms with E-state index in [1.165, 1.54) is 0 Å². The number of fused-ring (bicyclic) bond motifs is 1. The summed E-state index contributed by atoms with van der Waals surface area (Å²) in [6, 6.07) is 19.8. The number of anilines is 1. The molecule has 2 N–H and O–H groups in total. The van der Waals surface area contributed by atoms with E-state index in [4.69, 9.17) is 0 Å². The second-order valence-corrected chi connectivity index (χ2v) is 7.15. The summed E-state index contributed by atoms with van der Waals surface area (Å²) in [5.41, 5.74) is 3.82. The van der Waals surface area contributed by atoms with Gasteiger partial charge in [-0.3, -0.25) is 4.79 Å². The first-order chi connectivity index (χ1) is 14.3. The summed E-state index contributed by atoms with van der Waals surface area (Å²) in [7, 11) is 0. The second kappa shape index (κ2) is 7.35. The highest BCUT2D eigenvalue weighted by Crippen LogP contribution is 2.26. The number of carbonyl (C=O) groups excluding carboxylic acids is 1. The maximum atomic E-state index is 12.5. The molecule has 2 aromatic heterocycles. The van der Waals surface area contributed by atoms with E-state index in [9.17, 15) is 4.79 Å². The van der Waals surface area contributed by atoms with Crippen LogP contribution in [0.3, 0.4) is 0 Å². The molecular weight excluding hydrogens is 364 g/mol. The zero-order chi connectivity index (χ0) is 19.6. The lowest BCUT2D eigenvalue weighted by molar-refractivity contribution is -0.125. The highest BCUT2D eigenvalue weighted by atomic mass is 16.2. The molecule has 0 spiro atoms. The van der Waals surface area contributed by atoms with Crippen molar-refractivity contribution in [2.75, 3.05) is 18.0 Å². The maximum Gasteiger partial charge on any atom is 0.227 e. The fraction of sp³-hybridized carbons (Fsp3) is 0.182. The lowest BCUT2D eigenvalue weighted by atomic mass is 9.99. The van der Waals surface area contributed by atoms with Gasteiger partial charge >= 0.3 is 0 Å². The zero-order valence-electron chi connectivity index (χ0n) is 15.7. The van der Waals surface area contributed by atoms with Crippen LogP contribution in [0.25, 0.3) is 22.3 Å². The number of imidazole rings is 1. The first-order valence-corrected chi connectivity index (χ1v) is 9.60. The molecule has 3 heterocycles. The van der Waals surface area contributed by atoms with Crippen LogP contribution in [-0.4, -0.2) is 38.9 Å². The predicted octanol–water partition coefficient (Wildman–Crippen LogP) is 2.77. The number of aromatic nitrogens is 4. The number of benzene rings is 2. The van der Waals surface area contributed by atoms with E-state index in [2.05, 4.69) is 30.2 Å². The SMILES string of the molecule is O=C(NCc1nc2ccccc2[nH]1)C1CN(c2cc(-c3ccccc3)ncn2)C1. The molecule has 0 aliphatic carbocycles. The van der Waals surface area contributed by atoms with Crippen molar-refractivity contribution < 1.29 is 4.79 Å². The Labute approximate surface area is 167 Å². The summed E-state index contributed by atoms with van der Waals surface area (Å²) >= 11 is 0. The highest BCUT2D eigenvalue weighted by molar-refractivity contribution is 5.82. The molecule has 1 aliphatic heterocycles. The van der Waals surface area contributed by atoms with Gasteiger partial charge in [-0.2, -0.15) is 0 Å². The molecule has 1 aliphatic rings. The molecule has 0 bridgehead atoms. The minimum absolute atomic E-state index is 0.0408. The van der Waals surface area contributed by atoms with E-state index >= 15 is 0 Å². The molecule has 1 fully saturated rings. The van der Waals surface area contributed by atoms with Gasteiger partial charge in [0.25, 0.3) is 0 Å². The van der Waals surface area contributed by atoms with Crippen LogP contribution in [0.5, 0.6) is 0 Å². The van der Waals surface area contributed by atoms with E-state index in [1.807, 2.05) is 60.7 Å². The van der Waals surface area contributed by atoms with Gasteiger partial charge in [-0.1, -0.05) is 42.5 Å². The molecule has 1 saturated heterocycles. The first kappa shape index (κ1) is 17.4. The van der Waals surface area contributed by atoms with Crippen molar-refractivity contribution >= 4 is 22.8 Å². The third-order valence-corrected chi connectivity index (χ3v) is 5.17. The molecule has 7 nitrogen and oxygen atoms in total. The number of hydrogen-bond acceptors (Lipinski definition) is 5. The lowest BCUT2D eigenvalue weighted by Gasteiger charge is -2.39. The van der Waals surface area contributed by atoms with Crippen LogP contribution in [-0.2, 0) is 11.3 Å². The maximum absolute atomic E-state index is 12.5. The minimum Gasteiger partial charge on any atom is -0.355 e. The molecule has 5 rings (SSSR count). The molecule has 29 heavy (non-hydrogen) atoms. The average Bonchev–Trinajstić information content (AvgIpc) is 3.15. The Kier molecular flexibility index (Phi) is 4.40. The van der Waals surface area contributed by atoms with E-state index in [0.29, 0.717) is 19.6 Å². The van der Waals surface area contributed by atoms with Crippen molar-refractivity contribution in [1.82, 2.24) is 25.3 Å². The van der Waals surface area contributed by atoms with Gasteiger partial charge in [0.2, 0.25) is 5.91 Å². The van der Waals surface area contributed by atoms with Crippen molar-refractivity contribution in [3.05, 3.63) is 72.8 Å². The molecular formula is C22H20N6O. The number of rotatable bonds is 5. The van der Waals surface area contributed by atoms with Crippen LogP contribution in [0.1, 0.15) is 5.82 Å². The van der Waals surface area contributed by atoms with E-state index in [-0.39, 0.29) is 11.8 Å². The third-order valence-electron chi connectivity index (χ3n) is 5.17. The Hall–Kier alpha value is -3.74. The van der Waals surface area contributed by atoms with Crippen LogP contribution < -0.4 is 10.2 Å². The van der Waals surface area contributed by atoms with Crippen LogP contribution in [0.4, 0.5) is 5.82 Å². The zero-order valence-corrected chi connectivity index (χ0v) is 15.7. The van der Waals surface area contributed by atoms with Crippen LogP contribution in [0, 0.1) is 5.92 Å². The quantitative estimate of drug-likeness (QED) is 0.553. The average molecular weight is 384 g/mol. The van der Waals surface area contributed by atoms with Crippen LogP contribution in [0.2, 0.25) is 0 Å². The van der Waals surface area contributed by atoms with Gasteiger partial charge in [0.1, 0.15) is 18.0 Å². The molecule has 0 saturated carbocycles. The van der Waals surface area contributed by atoms with E-state index < -0.39 is 0 Å². The summed E-state index contributed by atoms with van der Waals surface area (Å²) in [4.78, 5) is 31.0. The minimum atomic E-state index is -0.0467. The summed E-state index contributed by atoms with van der Waals surface area (Å²) in [5.74, 6) is 1.60. The number of H-pyrrole nitrogens is 1. The lowest BCUT2D eigenvalue weighted by Crippen LogP contribution is -2.54. The number of para-hydroxylation sites is 2. The Morgan fingerprint density at radius 1 is 1.07 bits per heavy atom. The molecule has 0 radical (unpaired) electrons. The summed E-state index contributed by atoms with van der Waals surface area (Å²) in [5, 5.41) is 2.98. The molecule has 4 aromatic rings. The third kappa shape index (κ3) is 3.54.